The second kappa shape index (κ2) is 5.29. The first-order chi connectivity index (χ1) is 10.1. The predicted octanol–water partition coefficient (Wildman–Crippen LogP) is 4.21. The summed E-state index contributed by atoms with van der Waals surface area (Å²) < 4.78 is 5.91. The fourth-order valence-corrected chi connectivity index (χ4v) is 2.18. The average Bonchev–Trinajstić information content (AvgIpc) is 2.98. The van der Waals surface area contributed by atoms with Crippen molar-refractivity contribution in [1.82, 2.24) is 0 Å². The Kier molecular flexibility index (Phi) is 3.32. The van der Waals surface area contributed by atoms with Crippen LogP contribution in [0.5, 0.6) is 0 Å². The maximum absolute atomic E-state index is 7.40. The highest BCUT2D eigenvalue weighted by molar-refractivity contribution is 5.95. The maximum Gasteiger partial charge on any atom is 0.134 e. The smallest absolute Gasteiger partial charge is 0.134 e. The van der Waals surface area contributed by atoms with Crippen molar-refractivity contribution in [3.05, 3.63) is 71.8 Å². The van der Waals surface area contributed by atoms with Gasteiger partial charge in [-0.25, -0.2) is 0 Å². The number of nitrogens with one attached hydrogen (secondary N) is 1. The average molecular weight is 276 g/mol. The second-order valence-electron chi connectivity index (χ2n) is 5.02. The lowest BCUT2D eigenvalue weighted by molar-refractivity contribution is 0.597. The molecule has 3 heteroatoms. The van der Waals surface area contributed by atoms with E-state index in [1.807, 2.05) is 36.4 Å². The van der Waals surface area contributed by atoms with E-state index in [1.165, 1.54) is 5.56 Å². The molecule has 21 heavy (non-hydrogen) atoms. The number of furan rings is 1. The molecule has 0 atom stereocenters. The van der Waals surface area contributed by atoms with Gasteiger partial charge in [0, 0.05) is 16.7 Å². The molecule has 3 N–H and O–H groups in total. The molecule has 3 nitrogen and oxygen atoms in total. The number of rotatable bonds is 3. The molecule has 0 aliphatic carbocycles. The van der Waals surface area contributed by atoms with Crippen LogP contribution < -0.4 is 5.73 Å². The molecular weight excluding hydrogens is 260 g/mol. The lowest BCUT2D eigenvalue weighted by atomic mass is 10.1. The van der Waals surface area contributed by atoms with E-state index in [9.17, 15) is 0 Å². The topological polar surface area (TPSA) is 63.0 Å². The highest BCUT2D eigenvalue weighted by Crippen LogP contribution is 2.28. The van der Waals surface area contributed by atoms with E-state index in [-0.39, 0.29) is 5.84 Å². The lowest BCUT2D eigenvalue weighted by Gasteiger charge is -2.01. The van der Waals surface area contributed by atoms with Crippen LogP contribution in [0.4, 0.5) is 0 Å². The molecular formula is C18H16N2O. The first-order valence-corrected chi connectivity index (χ1v) is 6.75. The van der Waals surface area contributed by atoms with Crippen molar-refractivity contribution in [3.8, 4) is 22.6 Å². The largest absolute Gasteiger partial charge is 0.456 e. The highest BCUT2D eigenvalue weighted by atomic mass is 16.3. The third kappa shape index (κ3) is 2.72. The zero-order valence-electron chi connectivity index (χ0n) is 11.8. The molecule has 104 valence electrons. The van der Waals surface area contributed by atoms with Crippen LogP contribution in [-0.2, 0) is 0 Å². The maximum atomic E-state index is 7.40. The van der Waals surface area contributed by atoms with Gasteiger partial charge in [0.2, 0.25) is 0 Å². The third-order valence-electron chi connectivity index (χ3n) is 3.42. The summed E-state index contributed by atoms with van der Waals surface area (Å²) in [6.07, 6.45) is 0. The van der Waals surface area contributed by atoms with Crippen molar-refractivity contribution < 1.29 is 4.42 Å². The zero-order chi connectivity index (χ0) is 14.8. The van der Waals surface area contributed by atoms with Gasteiger partial charge in [0.05, 0.1) is 0 Å². The summed E-state index contributed by atoms with van der Waals surface area (Å²) in [4.78, 5) is 0. The van der Waals surface area contributed by atoms with Crippen molar-refractivity contribution in [2.45, 2.75) is 6.92 Å². The molecule has 0 radical (unpaired) electrons. The fraction of sp³-hybridized carbons (Fsp3) is 0.0556. The van der Waals surface area contributed by atoms with Crippen molar-refractivity contribution in [2.75, 3.05) is 0 Å². The van der Waals surface area contributed by atoms with Crippen LogP contribution >= 0.6 is 0 Å². The number of hydrogen-bond donors (Lipinski definition) is 2. The SMILES string of the molecule is Cc1ccc(-c2ccc(-c3ccc(C(=N)N)cc3)o2)cc1. The predicted molar refractivity (Wildman–Crippen MR) is 85.3 cm³/mol. The number of nitrogen functional groups attached to an aromatic ring is 1. The van der Waals surface area contributed by atoms with E-state index >= 15 is 0 Å². The van der Waals surface area contributed by atoms with Gasteiger partial charge in [0.15, 0.2) is 0 Å². The Balaban J connectivity index is 1.90. The van der Waals surface area contributed by atoms with E-state index in [1.54, 1.807) is 0 Å². The van der Waals surface area contributed by atoms with Gasteiger partial charge >= 0.3 is 0 Å². The Morgan fingerprint density at radius 1 is 0.810 bits per heavy atom. The van der Waals surface area contributed by atoms with Crippen molar-refractivity contribution in [2.24, 2.45) is 5.73 Å². The van der Waals surface area contributed by atoms with Crippen LogP contribution in [0.1, 0.15) is 11.1 Å². The van der Waals surface area contributed by atoms with Crippen LogP contribution in [-0.4, -0.2) is 5.84 Å². The summed E-state index contributed by atoms with van der Waals surface area (Å²) in [6.45, 7) is 2.06. The number of amidine groups is 1. The first kappa shape index (κ1) is 13.2. The van der Waals surface area contributed by atoms with Crippen LogP contribution in [0.3, 0.4) is 0 Å². The monoisotopic (exact) mass is 276 g/mol. The van der Waals surface area contributed by atoms with Gasteiger partial charge in [-0.15, -0.1) is 0 Å². The van der Waals surface area contributed by atoms with E-state index in [2.05, 4.69) is 31.2 Å². The fourth-order valence-electron chi connectivity index (χ4n) is 2.18. The van der Waals surface area contributed by atoms with Gasteiger partial charge in [-0.05, 0) is 19.1 Å². The molecule has 0 bridgehead atoms. The highest BCUT2D eigenvalue weighted by Gasteiger charge is 2.07. The van der Waals surface area contributed by atoms with Gasteiger partial charge in [-0.2, -0.15) is 0 Å². The normalized spacial score (nSPS) is 10.5. The number of aryl methyl sites for hydroxylation is 1. The molecule has 0 saturated heterocycles. The Hall–Kier alpha value is -2.81. The standard InChI is InChI=1S/C18H16N2O/c1-12-2-4-13(5-3-12)16-10-11-17(21-16)14-6-8-15(9-7-14)18(19)20/h2-11H,1H3,(H3,19,20). The number of benzene rings is 2. The lowest BCUT2D eigenvalue weighted by Crippen LogP contribution is -2.10. The van der Waals surface area contributed by atoms with Crippen LogP contribution in [0, 0.1) is 12.3 Å². The summed E-state index contributed by atoms with van der Waals surface area (Å²) in [5, 5.41) is 7.40. The minimum atomic E-state index is 0.0707. The first-order valence-electron chi connectivity index (χ1n) is 6.75. The minimum absolute atomic E-state index is 0.0707. The van der Waals surface area contributed by atoms with Gasteiger partial charge < -0.3 is 10.2 Å². The Bertz CT molecular complexity index is 768. The summed E-state index contributed by atoms with van der Waals surface area (Å²) in [7, 11) is 0. The molecule has 0 amide bonds. The summed E-state index contributed by atoms with van der Waals surface area (Å²) in [5.41, 5.74) is 9.43. The number of hydrogen-bond acceptors (Lipinski definition) is 2. The molecule has 2 aromatic carbocycles. The van der Waals surface area contributed by atoms with Gasteiger partial charge in [0.1, 0.15) is 17.4 Å². The summed E-state index contributed by atoms with van der Waals surface area (Å²) in [6, 6.07) is 19.6. The second-order valence-corrected chi connectivity index (χ2v) is 5.02. The summed E-state index contributed by atoms with van der Waals surface area (Å²) in [5.74, 6) is 1.72. The molecule has 0 unspecified atom stereocenters. The molecule has 0 aliphatic rings. The summed E-state index contributed by atoms with van der Waals surface area (Å²) >= 11 is 0. The van der Waals surface area contributed by atoms with Crippen LogP contribution in [0.15, 0.2) is 65.1 Å². The molecule has 1 aromatic heterocycles. The third-order valence-corrected chi connectivity index (χ3v) is 3.42. The van der Waals surface area contributed by atoms with Gasteiger partial charge in [-0.1, -0.05) is 54.1 Å². The molecule has 0 spiro atoms. The van der Waals surface area contributed by atoms with Gasteiger partial charge in [-0.3, -0.25) is 5.41 Å². The number of nitrogens with two attached hydrogens (primary N) is 1. The Morgan fingerprint density at radius 3 is 1.76 bits per heavy atom. The zero-order valence-corrected chi connectivity index (χ0v) is 11.8. The Labute approximate surface area is 123 Å². The van der Waals surface area contributed by atoms with Gasteiger partial charge in [0.25, 0.3) is 0 Å². The molecule has 1 heterocycles. The van der Waals surface area contributed by atoms with E-state index in [0.29, 0.717) is 5.56 Å². The minimum Gasteiger partial charge on any atom is -0.456 e. The van der Waals surface area contributed by atoms with Crippen molar-refractivity contribution in [1.29, 1.82) is 5.41 Å². The van der Waals surface area contributed by atoms with Crippen molar-refractivity contribution >= 4 is 5.84 Å². The molecule has 0 aliphatic heterocycles. The van der Waals surface area contributed by atoms with Crippen LogP contribution in [0.2, 0.25) is 0 Å². The van der Waals surface area contributed by atoms with E-state index < -0.39 is 0 Å². The van der Waals surface area contributed by atoms with Crippen LogP contribution in [0.25, 0.3) is 22.6 Å². The Morgan fingerprint density at radius 2 is 1.29 bits per heavy atom. The molecule has 0 saturated carbocycles. The molecule has 3 rings (SSSR count). The molecule has 0 fully saturated rings. The quantitative estimate of drug-likeness (QED) is 0.556. The van der Waals surface area contributed by atoms with Crippen molar-refractivity contribution in [3.63, 3.8) is 0 Å². The molecule has 3 aromatic rings. The van der Waals surface area contributed by atoms with E-state index in [4.69, 9.17) is 15.6 Å². The van der Waals surface area contributed by atoms with E-state index in [0.717, 1.165) is 22.6 Å².